The zero-order valence-electron chi connectivity index (χ0n) is 29.7. The van der Waals surface area contributed by atoms with Gasteiger partial charge in [-0.15, -0.1) is 11.3 Å². The normalized spacial score (nSPS) is 22.4. The van der Waals surface area contributed by atoms with Gasteiger partial charge in [0, 0.05) is 19.0 Å². The summed E-state index contributed by atoms with van der Waals surface area (Å²) >= 11 is 1.26. The fourth-order valence-corrected chi connectivity index (χ4v) is 7.26. The highest BCUT2D eigenvalue weighted by atomic mass is 32.1. The fraction of sp³-hybridized carbons (Fsp3) is 0.405. The van der Waals surface area contributed by atoms with E-state index < -0.39 is 53.8 Å². The maximum atomic E-state index is 14.2. The first-order valence-corrected chi connectivity index (χ1v) is 18.3. The van der Waals surface area contributed by atoms with Gasteiger partial charge in [0.1, 0.15) is 36.7 Å². The summed E-state index contributed by atoms with van der Waals surface area (Å²) in [5.41, 5.74) is 1.35. The maximum Gasteiger partial charge on any atom is 0.276 e. The van der Waals surface area contributed by atoms with Crippen molar-refractivity contribution in [3.8, 4) is 0 Å². The number of aromatic nitrogens is 2. The van der Waals surface area contributed by atoms with Gasteiger partial charge in [-0.25, -0.2) is 9.97 Å². The van der Waals surface area contributed by atoms with Crippen LogP contribution >= 0.6 is 11.3 Å². The average molecular weight is 744 g/mol. The molecule has 0 radical (unpaired) electrons. The van der Waals surface area contributed by atoms with Crippen LogP contribution in [0.15, 0.2) is 63.1 Å². The second-order valence-electron chi connectivity index (χ2n) is 13.8. The lowest BCUT2D eigenvalue weighted by atomic mass is 10.0. The Bertz CT molecular complexity index is 2000. The van der Waals surface area contributed by atoms with Crippen LogP contribution in [0.25, 0.3) is 0 Å². The molecule has 0 aliphatic carbocycles. The summed E-state index contributed by atoms with van der Waals surface area (Å²) in [6.07, 6.45) is 2.99. The number of hydrogen-bond acceptors (Lipinski definition) is 11. The quantitative estimate of drug-likeness (QED) is 0.194. The lowest BCUT2D eigenvalue weighted by molar-refractivity contribution is -0.126. The fourth-order valence-electron chi connectivity index (χ4n) is 6.44. The Labute approximate surface area is 309 Å². The van der Waals surface area contributed by atoms with Gasteiger partial charge in [0.15, 0.2) is 17.2 Å². The number of amides is 5. The molecule has 1 fully saturated rings. The molecule has 4 aromatic rings. The maximum absolute atomic E-state index is 14.2. The number of fused-ring (bicyclic) bond motifs is 5. The molecule has 4 N–H and O–H groups in total. The zero-order valence-corrected chi connectivity index (χ0v) is 30.5. The third-order valence-corrected chi connectivity index (χ3v) is 10.1. The van der Waals surface area contributed by atoms with Gasteiger partial charge >= 0.3 is 0 Å². The molecular formula is C37H41N7O8S. The van der Waals surface area contributed by atoms with E-state index in [1.54, 1.807) is 18.4 Å². The van der Waals surface area contributed by atoms with E-state index >= 15 is 0 Å². The van der Waals surface area contributed by atoms with Crippen molar-refractivity contribution in [1.82, 2.24) is 36.1 Å². The van der Waals surface area contributed by atoms with E-state index in [-0.39, 0.29) is 66.6 Å². The highest BCUT2D eigenvalue weighted by molar-refractivity contribution is 7.12. The van der Waals surface area contributed by atoms with Crippen molar-refractivity contribution in [3.63, 3.8) is 0 Å². The van der Waals surface area contributed by atoms with Crippen LogP contribution in [-0.2, 0) is 27.2 Å². The molecule has 5 amide bonds. The Kier molecular flexibility index (Phi) is 11.2. The van der Waals surface area contributed by atoms with Crippen molar-refractivity contribution in [2.24, 2.45) is 5.92 Å². The van der Waals surface area contributed by atoms with Crippen LogP contribution in [0.2, 0.25) is 0 Å². The molecule has 3 aromatic heterocycles. The number of thiophene rings is 1. The molecule has 53 heavy (non-hydrogen) atoms. The topological polar surface area (TPSA) is 206 Å². The molecule has 1 saturated heterocycles. The number of ketones is 1. The third-order valence-electron chi connectivity index (χ3n) is 9.05. The summed E-state index contributed by atoms with van der Waals surface area (Å²) in [5.74, 6) is -2.55. The Morgan fingerprint density at radius 2 is 1.66 bits per heavy atom. The molecule has 5 heterocycles. The summed E-state index contributed by atoms with van der Waals surface area (Å²) in [6, 6.07) is 6.74. The van der Waals surface area contributed by atoms with Gasteiger partial charge in [0.25, 0.3) is 11.8 Å². The molecule has 0 spiro atoms. The predicted molar refractivity (Wildman–Crippen MR) is 191 cm³/mol. The number of nitrogens with one attached hydrogen (secondary N) is 4. The van der Waals surface area contributed by atoms with E-state index in [4.69, 9.17) is 8.83 Å². The first-order valence-electron chi connectivity index (χ1n) is 17.4. The highest BCUT2D eigenvalue weighted by Gasteiger charge is 2.42. The molecular weight excluding hydrogens is 703 g/mol. The predicted octanol–water partition coefficient (Wildman–Crippen LogP) is 3.30. The van der Waals surface area contributed by atoms with Crippen LogP contribution in [0.4, 0.5) is 0 Å². The van der Waals surface area contributed by atoms with E-state index in [9.17, 15) is 28.8 Å². The van der Waals surface area contributed by atoms with E-state index in [2.05, 4.69) is 31.2 Å². The Balaban J connectivity index is 1.32. The molecule has 0 saturated carbocycles. The number of carbonyl (C=O) groups excluding carboxylic acids is 6. The standard InChI is InChI=1S/C37H41N7O8S/c1-19(2)10-25-32(47)38-20(3)35-43-28(17-51-35)37(50)44-15-24(39-31(46)13-23-12-30(21(4)45)53-18-23)14-29(44)34(49)41-26(11-22-8-6-5-7-9-22)36-42-27(16-52-36)33(48)40-25/h5-9,12,16-20,24-26,29H,10-11,13-15H2,1-4H3,(H,38,47)(H,39,46)(H,40,48)(H,41,49)/t20-,24+,25-,26+,29+/m1/s1. The van der Waals surface area contributed by atoms with E-state index in [0.29, 0.717) is 16.9 Å². The van der Waals surface area contributed by atoms with Gasteiger partial charge in [-0.1, -0.05) is 44.2 Å². The number of benzene rings is 1. The van der Waals surface area contributed by atoms with Gasteiger partial charge in [0.05, 0.1) is 11.3 Å². The highest BCUT2D eigenvalue weighted by Crippen LogP contribution is 2.26. The van der Waals surface area contributed by atoms with Crippen LogP contribution in [0, 0.1) is 5.92 Å². The number of Topliss-reactive ketones (excluding diaryl/α,β-unsaturated/α-hetero) is 1. The van der Waals surface area contributed by atoms with Crippen molar-refractivity contribution < 1.29 is 37.6 Å². The first-order chi connectivity index (χ1) is 25.3. The van der Waals surface area contributed by atoms with Crippen LogP contribution in [0.1, 0.15) is 106 Å². The minimum absolute atomic E-state index is 0.0109. The summed E-state index contributed by atoms with van der Waals surface area (Å²) in [4.78, 5) is 90.7. The minimum Gasteiger partial charge on any atom is -0.446 e. The van der Waals surface area contributed by atoms with Crippen molar-refractivity contribution in [2.75, 3.05) is 6.54 Å². The zero-order chi connectivity index (χ0) is 37.8. The second-order valence-corrected chi connectivity index (χ2v) is 14.7. The molecule has 1 aromatic carbocycles. The third kappa shape index (κ3) is 8.88. The molecule has 2 aliphatic heterocycles. The van der Waals surface area contributed by atoms with Crippen molar-refractivity contribution >= 4 is 46.7 Å². The molecule has 6 rings (SSSR count). The van der Waals surface area contributed by atoms with Gasteiger partial charge in [-0.05, 0) is 55.2 Å². The Morgan fingerprint density at radius 1 is 0.943 bits per heavy atom. The molecule has 5 atom stereocenters. The van der Waals surface area contributed by atoms with E-state index in [0.717, 1.165) is 11.8 Å². The van der Waals surface area contributed by atoms with Gasteiger partial charge in [0.2, 0.25) is 29.5 Å². The molecule has 15 nitrogen and oxygen atoms in total. The van der Waals surface area contributed by atoms with Gasteiger partial charge in [-0.3, -0.25) is 28.8 Å². The van der Waals surface area contributed by atoms with Crippen molar-refractivity contribution in [1.29, 1.82) is 0 Å². The summed E-state index contributed by atoms with van der Waals surface area (Å²) < 4.78 is 11.4. The van der Waals surface area contributed by atoms with Crippen LogP contribution in [0.3, 0.4) is 0 Å². The van der Waals surface area contributed by atoms with Crippen LogP contribution in [0.5, 0.6) is 0 Å². The van der Waals surface area contributed by atoms with E-state index in [1.807, 2.05) is 44.2 Å². The summed E-state index contributed by atoms with van der Waals surface area (Å²) in [5, 5.41) is 13.2. The first kappa shape index (κ1) is 37.1. The molecule has 278 valence electrons. The van der Waals surface area contributed by atoms with Gasteiger partial charge in [-0.2, -0.15) is 0 Å². The number of oxazole rings is 2. The van der Waals surface area contributed by atoms with Crippen LogP contribution < -0.4 is 21.3 Å². The molecule has 0 unspecified atom stereocenters. The lowest BCUT2D eigenvalue weighted by Gasteiger charge is -2.25. The van der Waals surface area contributed by atoms with Crippen LogP contribution in [-0.4, -0.2) is 74.9 Å². The number of nitrogens with zero attached hydrogens (tertiary/aromatic N) is 3. The monoisotopic (exact) mass is 743 g/mol. The Hall–Kier alpha value is -5.64. The SMILES string of the molecule is CC(=O)c1cc(CC(=O)N[C@H]2C[C@H]3C(=O)N[C@@H](Cc4ccccc4)c4nc(co4)C(=O)N[C@H](CC(C)C)C(=O)N[C@H](C)c4nc(co4)C(=O)N3C2)cs1. The molecule has 4 bridgehead atoms. The average Bonchev–Trinajstić information content (AvgIpc) is 3.94. The number of rotatable bonds is 8. The smallest absolute Gasteiger partial charge is 0.276 e. The van der Waals surface area contributed by atoms with Gasteiger partial charge < -0.3 is 35.0 Å². The lowest BCUT2D eigenvalue weighted by Crippen LogP contribution is -2.48. The minimum atomic E-state index is -1.05. The summed E-state index contributed by atoms with van der Waals surface area (Å²) in [6.45, 7) is 6.92. The van der Waals surface area contributed by atoms with Crippen molar-refractivity contribution in [3.05, 3.63) is 93.5 Å². The molecule has 16 heteroatoms. The summed E-state index contributed by atoms with van der Waals surface area (Å²) in [7, 11) is 0. The largest absolute Gasteiger partial charge is 0.446 e. The second kappa shape index (κ2) is 15.9. The molecule has 2 aliphatic rings. The number of hydrogen-bond donors (Lipinski definition) is 4. The number of carbonyl (C=O) groups is 6. The van der Waals surface area contributed by atoms with Crippen molar-refractivity contribution in [2.45, 2.75) is 83.6 Å². The van der Waals surface area contributed by atoms with E-state index in [1.165, 1.54) is 29.4 Å². The Morgan fingerprint density at radius 3 is 2.38 bits per heavy atom.